The van der Waals surface area contributed by atoms with Gasteiger partial charge in [-0.25, -0.2) is 4.98 Å². The molecule has 0 saturated heterocycles. The fourth-order valence-corrected chi connectivity index (χ4v) is 3.28. The minimum Gasteiger partial charge on any atom is -0.319 e. The largest absolute Gasteiger partial charge is 0.319 e. The van der Waals surface area contributed by atoms with Gasteiger partial charge in [0.15, 0.2) is 0 Å². The normalized spacial score (nSPS) is 19.1. The van der Waals surface area contributed by atoms with Gasteiger partial charge < -0.3 is 5.73 Å². The first-order valence-corrected chi connectivity index (χ1v) is 6.22. The summed E-state index contributed by atoms with van der Waals surface area (Å²) in [5.74, 6) is 0. The molecule has 1 heterocycles. The molecule has 0 radical (unpaired) electrons. The average molecular weight is 239 g/mol. The Hall–Kier alpha value is -0.640. The molecule has 0 bridgehead atoms. The van der Waals surface area contributed by atoms with Crippen LogP contribution in [0.25, 0.3) is 10.2 Å². The number of hydrogen-bond acceptors (Lipinski definition) is 3. The Bertz CT molecular complexity index is 516. The molecule has 0 aliphatic heterocycles. The van der Waals surface area contributed by atoms with Crippen LogP contribution in [0, 0.1) is 0 Å². The Morgan fingerprint density at radius 3 is 2.87 bits per heavy atom. The number of benzene rings is 1. The summed E-state index contributed by atoms with van der Waals surface area (Å²) in [6.45, 7) is 0. The second-order valence-corrected chi connectivity index (χ2v) is 5.61. The van der Waals surface area contributed by atoms with Crippen LogP contribution in [0.1, 0.15) is 24.3 Å². The number of aromatic nitrogens is 1. The molecular formula is C11H11ClN2S. The van der Waals surface area contributed by atoms with Gasteiger partial charge in [-0.05, 0) is 37.5 Å². The number of rotatable bonds is 1. The molecule has 0 amide bonds. The second-order valence-electron chi connectivity index (χ2n) is 4.14. The van der Waals surface area contributed by atoms with Gasteiger partial charge in [0.2, 0.25) is 0 Å². The zero-order valence-corrected chi connectivity index (χ0v) is 9.74. The van der Waals surface area contributed by atoms with Crippen LogP contribution >= 0.6 is 22.9 Å². The van der Waals surface area contributed by atoms with Crippen molar-refractivity contribution in [3.05, 3.63) is 28.2 Å². The van der Waals surface area contributed by atoms with Crippen LogP contribution in [-0.2, 0) is 5.54 Å². The Morgan fingerprint density at radius 1 is 1.40 bits per heavy atom. The average Bonchev–Trinajstić information content (AvgIpc) is 2.57. The zero-order valence-electron chi connectivity index (χ0n) is 8.16. The fraction of sp³-hybridized carbons (Fsp3) is 0.364. The molecule has 1 aliphatic rings. The van der Waals surface area contributed by atoms with Gasteiger partial charge >= 0.3 is 0 Å². The van der Waals surface area contributed by atoms with Gasteiger partial charge in [-0.3, -0.25) is 0 Å². The van der Waals surface area contributed by atoms with Crippen LogP contribution in [0.5, 0.6) is 0 Å². The molecule has 0 spiro atoms. The summed E-state index contributed by atoms with van der Waals surface area (Å²) >= 11 is 7.61. The quantitative estimate of drug-likeness (QED) is 0.828. The standard InChI is InChI=1S/C11H11ClN2S/c12-7-2-3-8-9(6-7)15-10(14-8)11(13)4-1-5-11/h2-3,6H,1,4-5,13H2. The van der Waals surface area contributed by atoms with Crippen LogP contribution < -0.4 is 5.73 Å². The number of fused-ring (bicyclic) bond motifs is 1. The molecule has 1 aliphatic carbocycles. The molecule has 15 heavy (non-hydrogen) atoms. The lowest BCUT2D eigenvalue weighted by molar-refractivity contribution is 0.253. The number of nitrogens with zero attached hydrogens (tertiary/aromatic N) is 1. The van der Waals surface area contributed by atoms with E-state index < -0.39 is 0 Å². The first kappa shape index (κ1) is 9.58. The van der Waals surface area contributed by atoms with Crippen molar-refractivity contribution >= 4 is 33.2 Å². The number of thiazole rings is 1. The first-order valence-electron chi connectivity index (χ1n) is 5.03. The molecule has 2 N–H and O–H groups in total. The van der Waals surface area contributed by atoms with Gasteiger partial charge in [0.05, 0.1) is 15.8 Å². The van der Waals surface area contributed by atoms with E-state index in [0.29, 0.717) is 0 Å². The molecule has 0 unspecified atom stereocenters. The van der Waals surface area contributed by atoms with Crippen molar-refractivity contribution in [2.24, 2.45) is 5.73 Å². The van der Waals surface area contributed by atoms with Crippen molar-refractivity contribution in [1.29, 1.82) is 0 Å². The molecular weight excluding hydrogens is 228 g/mol. The fourth-order valence-electron chi connectivity index (χ4n) is 1.88. The molecule has 2 aromatic rings. The van der Waals surface area contributed by atoms with Crippen molar-refractivity contribution < 1.29 is 0 Å². The maximum atomic E-state index is 6.24. The zero-order chi connectivity index (χ0) is 10.5. The molecule has 4 heteroatoms. The monoisotopic (exact) mass is 238 g/mol. The van der Waals surface area contributed by atoms with Gasteiger partial charge in [0.25, 0.3) is 0 Å². The van der Waals surface area contributed by atoms with E-state index in [9.17, 15) is 0 Å². The lowest BCUT2D eigenvalue weighted by atomic mass is 9.78. The number of nitrogens with two attached hydrogens (primary N) is 1. The first-order chi connectivity index (χ1) is 7.17. The van der Waals surface area contributed by atoms with Gasteiger partial charge in [-0.1, -0.05) is 11.6 Å². The molecule has 3 rings (SSSR count). The van der Waals surface area contributed by atoms with E-state index in [2.05, 4.69) is 4.98 Å². The highest BCUT2D eigenvalue weighted by Crippen LogP contribution is 2.42. The van der Waals surface area contributed by atoms with E-state index in [0.717, 1.165) is 33.1 Å². The summed E-state index contributed by atoms with van der Waals surface area (Å²) in [5.41, 5.74) is 7.09. The summed E-state index contributed by atoms with van der Waals surface area (Å²) in [6, 6.07) is 5.79. The second kappa shape index (κ2) is 3.17. The summed E-state index contributed by atoms with van der Waals surface area (Å²) in [4.78, 5) is 4.58. The highest BCUT2D eigenvalue weighted by molar-refractivity contribution is 7.18. The Kier molecular flexibility index (Phi) is 2.03. The minimum absolute atomic E-state index is 0.157. The molecule has 1 aromatic heterocycles. The van der Waals surface area contributed by atoms with Gasteiger partial charge in [-0.15, -0.1) is 11.3 Å². The molecule has 1 aromatic carbocycles. The third-order valence-corrected chi connectivity index (χ3v) is 4.50. The Morgan fingerprint density at radius 2 is 2.20 bits per heavy atom. The molecule has 78 valence electrons. The van der Waals surface area contributed by atoms with Gasteiger partial charge in [-0.2, -0.15) is 0 Å². The van der Waals surface area contributed by atoms with E-state index in [1.807, 2.05) is 18.2 Å². The Balaban J connectivity index is 2.14. The van der Waals surface area contributed by atoms with Crippen molar-refractivity contribution in [3.8, 4) is 0 Å². The van der Waals surface area contributed by atoms with Gasteiger partial charge in [0.1, 0.15) is 5.01 Å². The van der Waals surface area contributed by atoms with Crippen LogP contribution in [0.4, 0.5) is 0 Å². The Labute approximate surface area is 97.1 Å². The summed E-state index contributed by atoms with van der Waals surface area (Å²) in [6.07, 6.45) is 3.33. The van der Waals surface area contributed by atoms with E-state index in [1.165, 1.54) is 6.42 Å². The maximum Gasteiger partial charge on any atom is 0.114 e. The highest BCUT2D eigenvalue weighted by Gasteiger charge is 2.37. The van der Waals surface area contributed by atoms with Gasteiger partial charge in [0, 0.05) is 5.02 Å². The lowest BCUT2D eigenvalue weighted by Gasteiger charge is -2.35. The van der Waals surface area contributed by atoms with Crippen LogP contribution in [-0.4, -0.2) is 4.98 Å². The van der Waals surface area contributed by atoms with E-state index >= 15 is 0 Å². The molecule has 1 fully saturated rings. The highest BCUT2D eigenvalue weighted by atomic mass is 35.5. The van der Waals surface area contributed by atoms with Crippen LogP contribution in [0.3, 0.4) is 0 Å². The lowest BCUT2D eigenvalue weighted by Crippen LogP contribution is -2.43. The van der Waals surface area contributed by atoms with Crippen molar-refractivity contribution in [2.45, 2.75) is 24.8 Å². The van der Waals surface area contributed by atoms with Crippen molar-refractivity contribution in [3.63, 3.8) is 0 Å². The van der Waals surface area contributed by atoms with E-state index in [-0.39, 0.29) is 5.54 Å². The maximum absolute atomic E-state index is 6.24. The van der Waals surface area contributed by atoms with E-state index in [1.54, 1.807) is 11.3 Å². The van der Waals surface area contributed by atoms with Crippen LogP contribution in [0.2, 0.25) is 5.02 Å². The van der Waals surface area contributed by atoms with Crippen LogP contribution in [0.15, 0.2) is 18.2 Å². The third-order valence-electron chi connectivity index (χ3n) is 3.02. The molecule has 1 saturated carbocycles. The third kappa shape index (κ3) is 1.46. The summed E-state index contributed by atoms with van der Waals surface area (Å²) in [5, 5.41) is 1.82. The summed E-state index contributed by atoms with van der Waals surface area (Å²) in [7, 11) is 0. The SMILES string of the molecule is NC1(c2nc3ccc(Cl)cc3s2)CCC1. The number of halogens is 1. The molecule has 2 nitrogen and oxygen atoms in total. The summed E-state index contributed by atoms with van der Waals surface area (Å²) < 4.78 is 1.13. The van der Waals surface area contributed by atoms with Crippen molar-refractivity contribution in [2.75, 3.05) is 0 Å². The van der Waals surface area contributed by atoms with Crippen molar-refractivity contribution in [1.82, 2.24) is 4.98 Å². The topological polar surface area (TPSA) is 38.9 Å². The predicted octanol–water partition coefficient (Wildman–Crippen LogP) is 3.29. The smallest absolute Gasteiger partial charge is 0.114 e. The molecule has 0 atom stereocenters. The minimum atomic E-state index is -0.157. The predicted molar refractivity (Wildman–Crippen MR) is 64.3 cm³/mol. The number of hydrogen-bond donors (Lipinski definition) is 1. The van der Waals surface area contributed by atoms with E-state index in [4.69, 9.17) is 17.3 Å².